The molecule has 0 aromatic carbocycles. The number of aromatic nitrogens is 1. The van der Waals surface area contributed by atoms with Crippen LogP contribution in [0.15, 0.2) is 24.4 Å². The molecule has 0 atom stereocenters. The fourth-order valence-corrected chi connectivity index (χ4v) is 1.97. The molecular formula is C15H21N3O3. The Bertz CT molecular complexity index is 525. The number of amides is 1. The Labute approximate surface area is 124 Å². The molecule has 0 fully saturated rings. The lowest BCUT2D eigenvalue weighted by Gasteiger charge is -2.24. The summed E-state index contributed by atoms with van der Waals surface area (Å²) < 4.78 is 0. The molecule has 0 bridgehead atoms. The number of carboxylic acid groups (broad SMARTS) is 1. The van der Waals surface area contributed by atoms with Crippen LogP contribution in [0.1, 0.15) is 19.4 Å². The Morgan fingerprint density at radius 2 is 2.00 bits per heavy atom. The highest BCUT2D eigenvalue weighted by atomic mass is 16.4. The van der Waals surface area contributed by atoms with Crippen molar-refractivity contribution in [3.63, 3.8) is 0 Å². The Morgan fingerprint density at radius 3 is 2.57 bits per heavy atom. The summed E-state index contributed by atoms with van der Waals surface area (Å²) in [6, 6.07) is 3.49. The molecule has 0 unspecified atom stereocenters. The molecular weight excluding hydrogens is 270 g/mol. The van der Waals surface area contributed by atoms with Gasteiger partial charge >= 0.3 is 5.97 Å². The van der Waals surface area contributed by atoms with Crippen LogP contribution in [-0.4, -0.2) is 53.5 Å². The van der Waals surface area contributed by atoms with Crippen molar-refractivity contribution < 1.29 is 14.7 Å². The number of carboxylic acids is 1. The van der Waals surface area contributed by atoms with Crippen LogP contribution < -0.4 is 4.90 Å². The van der Waals surface area contributed by atoms with Gasteiger partial charge in [0.05, 0.1) is 6.54 Å². The lowest BCUT2D eigenvalue weighted by Crippen LogP contribution is -2.39. The summed E-state index contributed by atoms with van der Waals surface area (Å²) in [6.07, 6.45) is 4.15. The topological polar surface area (TPSA) is 73.7 Å². The minimum atomic E-state index is -1.02. The fraction of sp³-hybridized carbons (Fsp3) is 0.400. The van der Waals surface area contributed by atoms with E-state index in [0.717, 1.165) is 6.08 Å². The number of carbonyl (C=O) groups is 2. The third-order valence-corrected chi connectivity index (χ3v) is 3.07. The van der Waals surface area contributed by atoms with Crippen molar-refractivity contribution >= 4 is 23.8 Å². The first-order chi connectivity index (χ1) is 9.99. The Morgan fingerprint density at radius 1 is 1.33 bits per heavy atom. The van der Waals surface area contributed by atoms with E-state index in [1.165, 1.54) is 6.08 Å². The van der Waals surface area contributed by atoms with Gasteiger partial charge in [0.15, 0.2) is 0 Å². The molecule has 0 saturated carbocycles. The molecule has 0 spiro atoms. The molecule has 0 radical (unpaired) electrons. The number of pyridine rings is 1. The van der Waals surface area contributed by atoms with Crippen LogP contribution in [0, 0.1) is 0 Å². The second kappa shape index (κ2) is 8.04. The van der Waals surface area contributed by atoms with Gasteiger partial charge in [0, 0.05) is 38.0 Å². The zero-order chi connectivity index (χ0) is 15.8. The number of likely N-dealkylation sites (N-methyl/N-ethyl adjacent to an activating group) is 2. The average Bonchev–Trinajstić information content (AvgIpc) is 2.46. The smallest absolute Gasteiger partial charge is 0.328 e. The van der Waals surface area contributed by atoms with Crippen molar-refractivity contribution in [2.24, 2.45) is 0 Å². The van der Waals surface area contributed by atoms with Crippen molar-refractivity contribution in [1.29, 1.82) is 0 Å². The Hall–Kier alpha value is -2.37. The van der Waals surface area contributed by atoms with Gasteiger partial charge in [0.2, 0.25) is 5.91 Å². The standard InChI is InChI=1S/C15H21N3O3/c1-4-18(5-2)13(19)11-17(3)15-12(7-6-10-16-15)8-9-14(20)21/h6-10H,4-5,11H2,1-3H3,(H,20,21)/b9-8+. The first-order valence-electron chi connectivity index (χ1n) is 6.84. The van der Waals surface area contributed by atoms with Gasteiger partial charge in [0.25, 0.3) is 0 Å². The summed E-state index contributed by atoms with van der Waals surface area (Å²) >= 11 is 0. The molecule has 1 N–H and O–H groups in total. The van der Waals surface area contributed by atoms with E-state index in [4.69, 9.17) is 5.11 Å². The number of carbonyl (C=O) groups excluding carboxylic acids is 1. The van der Waals surface area contributed by atoms with Gasteiger partial charge in [-0.2, -0.15) is 0 Å². The number of aliphatic carboxylic acids is 1. The lowest BCUT2D eigenvalue weighted by atomic mass is 10.2. The summed E-state index contributed by atoms with van der Waals surface area (Å²) in [6.45, 7) is 5.40. The van der Waals surface area contributed by atoms with Gasteiger partial charge in [-0.15, -0.1) is 0 Å². The predicted octanol–water partition coefficient (Wildman–Crippen LogP) is 1.48. The molecule has 1 rings (SSSR count). The summed E-state index contributed by atoms with van der Waals surface area (Å²) in [4.78, 5) is 30.4. The number of anilines is 1. The van der Waals surface area contributed by atoms with Gasteiger partial charge in [-0.25, -0.2) is 9.78 Å². The monoisotopic (exact) mass is 291 g/mol. The minimum Gasteiger partial charge on any atom is -0.478 e. The van der Waals surface area contributed by atoms with E-state index in [1.807, 2.05) is 13.8 Å². The van der Waals surface area contributed by atoms with E-state index in [-0.39, 0.29) is 12.5 Å². The minimum absolute atomic E-state index is 0.0151. The van der Waals surface area contributed by atoms with E-state index >= 15 is 0 Å². The molecule has 21 heavy (non-hydrogen) atoms. The molecule has 1 aromatic heterocycles. The molecule has 1 aromatic rings. The molecule has 0 aliphatic carbocycles. The predicted molar refractivity (Wildman–Crippen MR) is 82.1 cm³/mol. The zero-order valence-corrected chi connectivity index (χ0v) is 12.6. The third-order valence-electron chi connectivity index (χ3n) is 3.07. The van der Waals surface area contributed by atoms with Gasteiger partial charge in [-0.3, -0.25) is 4.79 Å². The maximum absolute atomic E-state index is 12.1. The second-order valence-corrected chi connectivity index (χ2v) is 4.51. The van der Waals surface area contributed by atoms with Crippen LogP contribution >= 0.6 is 0 Å². The molecule has 0 aliphatic rings. The van der Waals surface area contributed by atoms with Crippen molar-refractivity contribution in [2.45, 2.75) is 13.8 Å². The van der Waals surface area contributed by atoms with E-state index < -0.39 is 5.97 Å². The van der Waals surface area contributed by atoms with E-state index in [0.29, 0.717) is 24.5 Å². The van der Waals surface area contributed by atoms with E-state index in [2.05, 4.69) is 4.98 Å². The molecule has 6 heteroatoms. The maximum atomic E-state index is 12.1. The van der Waals surface area contributed by atoms with Crippen LogP contribution in [0.4, 0.5) is 5.82 Å². The van der Waals surface area contributed by atoms with Crippen LogP contribution in [0.25, 0.3) is 6.08 Å². The second-order valence-electron chi connectivity index (χ2n) is 4.51. The Kier molecular flexibility index (Phi) is 6.39. The van der Waals surface area contributed by atoms with Crippen molar-refractivity contribution in [1.82, 2.24) is 9.88 Å². The third kappa shape index (κ3) is 4.91. The molecule has 1 amide bonds. The highest BCUT2D eigenvalue weighted by Crippen LogP contribution is 2.17. The highest BCUT2D eigenvalue weighted by molar-refractivity contribution is 5.87. The van der Waals surface area contributed by atoms with Crippen molar-refractivity contribution in [3.8, 4) is 0 Å². The van der Waals surface area contributed by atoms with Gasteiger partial charge in [-0.05, 0) is 32.1 Å². The van der Waals surface area contributed by atoms with Crippen LogP contribution in [0.5, 0.6) is 0 Å². The summed E-state index contributed by atoms with van der Waals surface area (Å²) in [5.74, 6) is -0.427. The number of rotatable bonds is 7. The molecule has 1 heterocycles. The van der Waals surface area contributed by atoms with Gasteiger partial charge in [-0.1, -0.05) is 0 Å². The maximum Gasteiger partial charge on any atom is 0.328 e. The fourth-order valence-electron chi connectivity index (χ4n) is 1.97. The molecule has 0 aliphatic heterocycles. The SMILES string of the molecule is CCN(CC)C(=O)CN(C)c1ncccc1/C=C/C(=O)O. The van der Waals surface area contributed by atoms with Gasteiger partial charge < -0.3 is 14.9 Å². The summed E-state index contributed by atoms with van der Waals surface area (Å²) in [5, 5.41) is 8.70. The quantitative estimate of drug-likeness (QED) is 0.770. The van der Waals surface area contributed by atoms with E-state index in [1.54, 1.807) is 35.2 Å². The van der Waals surface area contributed by atoms with Crippen LogP contribution in [0.3, 0.4) is 0 Å². The van der Waals surface area contributed by atoms with Crippen molar-refractivity contribution in [3.05, 3.63) is 30.0 Å². The first kappa shape index (κ1) is 16.7. The summed E-state index contributed by atoms with van der Waals surface area (Å²) in [7, 11) is 1.77. The number of nitrogens with zero attached hydrogens (tertiary/aromatic N) is 3. The van der Waals surface area contributed by atoms with Crippen LogP contribution in [0.2, 0.25) is 0 Å². The van der Waals surface area contributed by atoms with E-state index in [9.17, 15) is 9.59 Å². The van der Waals surface area contributed by atoms with Crippen molar-refractivity contribution in [2.75, 3.05) is 31.6 Å². The normalized spacial score (nSPS) is 10.6. The zero-order valence-electron chi connectivity index (χ0n) is 12.6. The first-order valence-corrected chi connectivity index (χ1v) is 6.84. The summed E-state index contributed by atoms with van der Waals surface area (Å²) in [5.41, 5.74) is 0.662. The number of hydrogen-bond donors (Lipinski definition) is 1. The molecule has 0 saturated heterocycles. The van der Waals surface area contributed by atoms with Gasteiger partial charge in [0.1, 0.15) is 5.82 Å². The number of hydrogen-bond acceptors (Lipinski definition) is 4. The molecule has 6 nitrogen and oxygen atoms in total. The molecule has 114 valence electrons. The average molecular weight is 291 g/mol. The highest BCUT2D eigenvalue weighted by Gasteiger charge is 2.15. The Balaban J connectivity index is 2.89. The lowest BCUT2D eigenvalue weighted by molar-refractivity contribution is -0.131. The van der Waals surface area contributed by atoms with Crippen LogP contribution in [-0.2, 0) is 9.59 Å². The largest absolute Gasteiger partial charge is 0.478 e.